The van der Waals surface area contributed by atoms with Gasteiger partial charge in [-0.2, -0.15) is 0 Å². The van der Waals surface area contributed by atoms with Crippen LogP contribution in [-0.2, 0) is 16.0 Å². The highest BCUT2D eigenvalue weighted by molar-refractivity contribution is 5.94. The third-order valence-corrected chi connectivity index (χ3v) is 5.26. The number of aliphatic carboxylic acids is 1. The molecular formula is C22H26FN3O3. The van der Waals surface area contributed by atoms with Gasteiger partial charge in [-0.05, 0) is 55.3 Å². The molecule has 154 valence electrons. The lowest BCUT2D eigenvalue weighted by Crippen LogP contribution is -2.52. The molecule has 1 aliphatic heterocycles. The average Bonchev–Trinajstić information content (AvgIpc) is 2.72. The van der Waals surface area contributed by atoms with E-state index in [1.807, 2.05) is 25.1 Å². The van der Waals surface area contributed by atoms with Crippen molar-refractivity contribution in [1.82, 2.24) is 4.90 Å². The molecule has 1 saturated heterocycles. The van der Waals surface area contributed by atoms with Crippen LogP contribution in [-0.4, -0.2) is 54.1 Å². The van der Waals surface area contributed by atoms with Gasteiger partial charge in [-0.25, -0.2) is 4.39 Å². The quantitative estimate of drug-likeness (QED) is 0.749. The molecule has 1 aliphatic rings. The molecule has 6 nitrogen and oxygen atoms in total. The van der Waals surface area contributed by atoms with Crippen LogP contribution in [0.1, 0.15) is 18.9 Å². The summed E-state index contributed by atoms with van der Waals surface area (Å²) >= 11 is 0. The fourth-order valence-electron chi connectivity index (χ4n) is 3.49. The van der Waals surface area contributed by atoms with Crippen LogP contribution in [0.25, 0.3) is 0 Å². The number of hydrogen-bond donors (Lipinski definition) is 2. The van der Waals surface area contributed by atoms with Crippen molar-refractivity contribution < 1.29 is 19.1 Å². The Labute approximate surface area is 169 Å². The van der Waals surface area contributed by atoms with Crippen molar-refractivity contribution in [1.29, 1.82) is 0 Å². The monoisotopic (exact) mass is 399 g/mol. The van der Waals surface area contributed by atoms with E-state index < -0.39 is 5.97 Å². The van der Waals surface area contributed by atoms with Crippen LogP contribution >= 0.6 is 0 Å². The Morgan fingerprint density at radius 1 is 1.10 bits per heavy atom. The van der Waals surface area contributed by atoms with Crippen molar-refractivity contribution in [3.8, 4) is 0 Å². The number of carboxylic acids is 1. The summed E-state index contributed by atoms with van der Waals surface area (Å²) in [6.07, 6.45) is 0.492. The number of anilines is 2. The summed E-state index contributed by atoms with van der Waals surface area (Å²) in [5.74, 6) is -1.17. The smallest absolute Gasteiger partial charge is 0.303 e. The van der Waals surface area contributed by atoms with Gasteiger partial charge in [0.25, 0.3) is 0 Å². The van der Waals surface area contributed by atoms with Crippen LogP contribution in [0.4, 0.5) is 15.8 Å². The molecule has 1 fully saturated rings. The number of piperazine rings is 1. The Bertz CT molecular complexity index is 849. The normalized spacial score (nSPS) is 15.7. The van der Waals surface area contributed by atoms with E-state index in [9.17, 15) is 14.0 Å². The fraction of sp³-hybridized carbons (Fsp3) is 0.364. The van der Waals surface area contributed by atoms with Gasteiger partial charge in [0, 0.05) is 44.0 Å². The van der Waals surface area contributed by atoms with Crippen molar-refractivity contribution >= 4 is 23.3 Å². The van der Waals surface area contributed by atoms with E-state index in [-0.39, 0.29) is 24.2 Å². The van der Waals surface area contributed by atoms with Gasteiger partial charge in [0.05, 0.1) is 6.04 Å². The highest BCUT2D eigenvalue weighted by Gasteiger charge is 2.25. The summed E-state index contributed by atoms with van der Waals surface area (Å²) in [6, 6.07) is 13.5. The van der Waals surface area contributed by atoms with Crippen molar-refractivity contribution in [2.45, 2.75) is 25.8 Å². The number of carboxylic acid groups (broad SMARTS) is 1. The molecule has 2 aromatic rings. The third kappa shape index (κ3) is 5.77. The van der Waals surface area contributed by atoms with Crippen LogP contribution in [0.15, 0.2) is 48.5 Å². The molecule has 1 atom stereocenters. The van der Waals surface area contributed by atoms with Gasteiger partial charge >= 0.3 is 5.97 Å². The number of aryl methyl sites for hydroxylation is 1. The lowest BCUT2D eigenvalue weighted by atomic mass is 10.1. The number of amides is 1. The SMILES string of the molecule is CC(C(=O)Nc1cccc(CCC(=O)O)c1)N1CCN(c2ccc(F)cc2)CC1. The van der Waals surface area contributed by atoms with Crippen LogP contribution in [0, 0.1) is 5.82 Å². The molecule has 7 heteroatoms. The Kier molecular flexibility index (Phi) is 6.82. The zero-order chi connectivity index (χ0) is 20.8. The number of rotatable bonds is 7. The Hall–Kier alpha value is -2.93. The van der Waals surface area contributed by atoms with Gasteiger partial charge in [0.1, 0.15) is 5.82 Å². The predicted molar refractivity (Wildman–Crippen MR) is 111 cm³/mol. The topological polar surface area (TPSA) is 72.9 Å². The molecule has 0 bridgehead atoms. The molecule has 1 heterocycles. The van der Waals surface area contributed by atoms with Gasteiger partial charge in [-0.3, -0.25) is 14.5 Å². The van der Waals surface area contributed by atoms with E-state index in [0.29, 0.717) is 12.1 Å². The lowest BCUT2D eigenvalue weighted by Gasteiger charge is -2.38. The second kappa shape index (κ2) is 9.52. The van der Waals surface area contributed by atoms with Crippen LogP contribution in [0.2, 0.25) is 0 Å². The van der Waals surface area contributed by atoms with E-state index >= 15 is 0 Å². The van der Waals surface area contributed by atoms with Crippen LogP contribution in [0.5, 0.6) is 0 Å². The minimum Gasteiger partial charge on any atom is -0.481 e. The first-order chi connectivity index (χ1) is 13.9. The van der Waals surface area contributed by atoms with E-state index in [0.717, 1.165) is 37.4 Å². The second-order valence-electron chi connectivity index (χ2n) is 7.26. The number of nitrogens with zero attached hydrogens (tertiary/aromatic N) is 2. The molecule has 0 saturated carbocycles. The van der Waals surface area contributed by atoms with E-state index in [1.165, 1.54) is 12.1 Å². The minimum absolute atomic E-state index is 0.0616. The van der Waals surface area contributed by atoms with Crippen LogP contribution in [0.3, 0.4) is 0 Å². The van der Waals surface area contributed by atoms with Gasteiger partial charge in [-0.1, -0.05) is 12.1 Å². The van der Waals surface area contributed by atoms with Crippen molar-refractivity contribution in [3.63, 3.8) is 0 Å². The van der Waals surface area contributed by atoms with Gasteiger partial charge in [0.2, 0.25) is 5.91 Å². The summed E-state index contributed by atoms with van der Waals surface area (Å²) in [5.41, 5.74) is 2.54. The number of carbonyl (C=O) groups excluding carboxylic acids is 1. The third-order valence-electron chi connectivity index (χ3n) is 5.26. The molecule has 0 aliphatic carbocycles. The second-order valence-corrected chi connectivity index (χ2v) is 7.26. The lowest BCUT2D eigenvalue weighted by molar-refractivity contribution is -0.137. The molecule has 1 amide bonds. The zero-order valence-corrected chi connectivity index (χ0v) is 16.5. The number of benzene rings is 2. The number of carbonyl (C=O) groups is 2. The Balaban J connectivity index is 1.52. The van der Waals surface area contributed by atoms with Crippen molar-refractivity contribution in [2.24, 2.45) is 0 Å². The summed E-state index contributed by atoms with van der Waals surface area (Å²) in [4.78, 5) is 27.7. The maximum Gasteiger partial charge on any atom is 0.303 e. The standard InChI is InChI=1S/C22H26FN3O3/c1-16(22(29)24-19-4-2-3-17(15-19)5-10-21(27)28)25-11-13-26(14-12-25)20-8-6-18(23)7-9-20/h2-4,6-9,15-16H,5,10-14H2,1H3,(H,24,29)(H,27,28). The number of nitrogens with one attached hydrogen (secondary N) is 1. The molecule has 0 radical (unpaired) electrons. The molecule has 3 rings (SSSR count). The molecule has 0 aromatic heterocycles. The molecule has 2 aromatic carbocycles. The Morgan fingerprint density at radius 3 is 2.45 bits per heavy atom. The first-order valence-corrected chi connectivity index (χ1v) is 9.78. The molecular weight excluding hydrogens is 373 g/mol. The largest absolute Gasteiger partial charge is 0.481 e. The highest BCUT2D eigenvalue weighted by atomic mass is 19.1. The van der Waals surface area contributed by atoms with E-state index in [4.69, 9.17) is 5.11 Å². The zero-order valence-electron chi connectivity index (χ0n) is 16.5. The van der Waals surface area contributed by atoms with Gasteiger partial charge in [-0.15, -0.1) is 0 Å². The van der Waals surface area contributed by atoms with Gasteiger partial charge in [0.15, 0.2) is 0 Å². The highest BCUT2D eigenvalue weighted by Crippen LogP contribution is 2.19. The van der Waals surface area contributed by atoms with E-state index in [1.54, 1.807) is 18.2 Å². The number of halogens is 1. The summed E-state index contributed by atoms with van der Waals surface area (Å²) in [5, 5.41) is 11.7. The average molecular weight is 399 g/mol. The van der Waals surface area contributed by atoms with Crippen molar-refractivity contribution in [3.05, 3.63) is 59.9 Å². The molecule has 29 heavy (non-hydrogen) atoms. The van der Waals surface area contributed by atoms with E-state index in [2.05, 4.69) is 15.1 Å². The summed E-state index contributed by atoms with van der Waals surface area (Å²) < 4.78 is 13.1. The summed E-state index contributed by atoms with van der Waals surface area (Å²) in [6.45, 7) is 4.91. The Morgan fingerprint density at radius 2 is 1.79 bits per heavy atom. The maximum absolute atomic E-state index is 13.1. The summed E-state index contributed by atoms with van der Waals surface area (Å²) in [7, 11) is 0. The minimum atomic E-state index is -0.840. The molecule has 0 spiro atoms. The molecule has 1 unspecified atom stereocenters. The first kappa shape index (κ1) is 20.8. The predicted octanol–water partition coefficient (Wildman–Crippen LogP) is 2.99. The first-order valence-electron chi connectivity index (χ1n) is 9.78. The van der Waals surface area contributed by atoms with Crippen molar-refractivity contribution in [2.75, 3.05) is 36.4 Å². The molecule has 2 N–H and O–H groups in total. The fourth-order valence-corrected chi connectivity index (χ4v) is 3.49. The number of hydrogen-bond acceptors (Lipinski definition) is 4. The van der Waals surface area contributed by atoms with Gasteiger partial charge < -0.3 is 15.3 Å². The maximum atomic E-state index is 13.1. The van der Waals surface area contributed by atoms with Crippen LogP contribution < -0.4 is 10.2 Å².